The van der Waals surface area contributed by atoms with Crippen molar-refractivity contribution in [2.45, 2.75) is 44.0 Å². The van der Waals surface area contributed by atoms with Gasteiger partial charge < -0.3 is 4.74 Å². The first-order chi connectivity index (χ1) is 12.4. The van der Waals surface area contributed by atoms with Crippen molar-refractivity contribution in [3.8, 4) is 0 Å². The largest absolute Gasteiger partial charge is 0.467 e. The van der Waals surface area contributed by atoms with Gasteiger partial charge in [-0.2, -0.15) is 0 Å². The van der Waals surface area contributed by atoms with Crippen molar-refractivity contribution < 1.29 is 27.6 Å². The molecule has 0 aliphatic carbocycles. The summed E-state index contributed by atoms with van der Waals surface area (Å²) in [6, 6.07) is 5.36. The zero-order chi connectivity index (χ0) is 19.6. The first-order valence-corrected chi connectivity index (χ1v) is 9.84. The van der Waals surface area contributed by atoms with Gasteiger partial charge in [-0.25, -0.2) is 23.0 Å². The number of ether oxygens (including phenoxy) is 1. The van der Waals surface area contributed by atoms with Gasteiger partial charge >= 0.3 is 5.97 Å². The third-order valence-electron chi connectivity index (χ3n) is 3.66. The third-order valence-corrected chi connectivity index (χ3v) is 5.14. The average Bonchev–Trinajstić information content (AvgIpc) is 2.63. The number of hydrogen-bond acceptors (Lipinski definition) is 6. The predicted molar refractivity (Wildman–Crippen MR) is 95.6 cm³/mol. The average molecular weight is 386 g/mol. The summed E-state index contributed by atoms with van der Waals surface area (Å²) >= 11 is 0. The number of carbonyl (C=O) groups is 2. The van der Waals surface area contributed by atoms with Crippen LogP contribution in [0.4, 0.5) is 0 Å². The lowest BCUT2D eigenvalue weighted by atomic mass is 10.2. The van der Waals surface area contributed by atoms with Crippen LogP contribution >= 0.6 is 0 Å². The Labute approximate surface area is 154 Å². The van der Waals surface area contributed by atoms with Crippen LogP contribution in [0, 0.1) is 6.92 Å². The van der Waals surface area contributed by atoms with Crippen molar-refractivity contribution in [2.24, 2.45) is 0 Å². The Kier molecular flexibility index (Phi) is 9.25. The van der Waals surface area contributed by atoms with E-state index in [2.05, 4.69) is 9.46 Å². The van der Waals surface area contributed by atoms with Crippen LogP contribution in [0.3, 0.4) is 0 Å². The van der Waals surface area contributed by atoms with E-state index in [1.807, 2.05) is 13.8 Å². The van der Waals surface area contributed by atoms with Crippen molar-refractivity contribution in [1.82, 2.24) is 9.79 Å². The Balaban J connectivity index is 2.72. The molecule has 0 heterocycles. The van der Waals surface area contributed by atoms with E-state index in [-0.39, 0.29) is 24.5 Å². The Bertz CT molecular complexity index is 675. The lowest BCUT2D eigenvalue weighted by molar-refractivity contribution is -0.198. The standard InChI is InChI=1S/C17H26N2O6S/c1-4-5-12-25-19(13-20)16(17(21)24-3)10-11-18-26(22,23)15-8-6-14(2)7-9-15/h6-9,13,16,18H,4-5,10-12H2,1-3H3/t16-/m1/s1. The third kappa shape index (κ3) is 6.74. The van der Waals surface area contributed by atoms with E-state index in [9.17, 15) is 18.0 Å². The monoisotopic (exact) mass is 386 g/mol. The number of esters is 1. The van der Waals surface area contributed by atoms with Gasteiger partial charge in [0.2, 0.25) is 16.4 Å². The van der Waals surface area contributed by atoms with Crippen LogP contribution in [-0.2, 0) is 29.2 Å². The number of aryl methyl sites for hydroxylation is 1. The second kappa shape index (κ2) is 10.9. The van der Waals surface area contributed by atoms with Crippen LogP contribution in [-0.4, -0.2) is 52.2 Å². The molecule has 1 atom stereocenters. The van der Waals surface area contributed by atoms with Gasteiger partial charge in [0.15, 0.2) is 6.04 Å². The molecule has 0 saturated carbocycles. The van der Waals surface area contributed by atoms with Crippen LogP contribution in [0.2, 0.25) is 0 Å². The van der Waals surface area contributed by atoms with Crippen LogP contribution in [0.25, 0.3) is 0 Å². The van der Waals surface area contributed by atoms with Crippen molar-refractivity contribution in [2.75, 3.05) is 20.3 Å². The zero-order valence-electron chi connectivity index (χ0n) is 15.3. The van der Waals surface area contributed by atoms with E-state index in [0.717, 1.165) is 23.5 Å². The highest BCUT2D eigenvalue weighted by molar-refractivity contribution is 7.89. The number of amides is 1. The summed E-state index contributed by atoms with van der Waals surface area (Å²) in [5.74, 6) is -0.678. The number of hydrogen-bond donors (Lipinski definition) is 1. The van der Waals surface area contributed by atoms with Gasteiger partial charge in [0.25, 0.3) is 0 Å². The lowest BCUT2D eigenvalue weighted by Crippen LogP contribution is -2.43. The summed E-state index contributed by atoms with van der Waals surface area (Å²) in [6.07, 6.45) is 2.00. The molecular weight excluding hydrogens is 360 g/mol. The number of methoxy groups -OCH3 is 1. The molecule has 0 unspecified atom stereocenters. The molecule has 1 rings (SSSR count). The highest BCUT2D eigenvalue weighted by atomic mass is 32.2. The molecule has 1 amide bonds. The molecule has 26 heavy (non-hydrogen) atoms. The molecular formula is C17H26N2O6S. The molecule has 1 aromatic rings. The summed E-state index contributed by atoms with van der Waals surface area (Å²) in [6.45, 7) is 4.04. The maximum Gasteiger partial charge on any atom is 0.331 e. The molecule has 0 spiro atoms. The normalized spacial score (nSPS) is 12.4. The van der Waals surface area contributed by atoms with Crippen molar-refractivity contribution in [3.05, 3.63) is 29.8 Å². The van der Waals surface area contributed by atoms with Crippen LogP contribution in [0.5, 0.6) is 0 Å². The Morgan fingerprint density at radius 1 is 1.31 bits per heavy atom. The number of unbranched alkanes of at least 4 members (excludes halogenated alkanes) is 1. The van der Waals surface area contributed by atoms with Gasteiger partial charge in [0.05, 0.1) is 18.6 Å². The molecule has 1 N–H and O–H groups in total. The van der Waals surface area contributed by atoms with E-state index in [1.54, 1.807) is 12.1 Å². The van der Waals surface area contributed by atoms with E-state index < -0.39 is 22.0 Å². The van der Waals surface area contributed by atoms with E-state index >= 15 is 0 Å². The first kappa shape index (κ1) is 22.1. The molecule has 0 radical (unpaired) electrons. The van der Waals surface area contributed by atoms with Crippen LogP contribution < -0.4 is 4.72 Å². The van der Waals surface area contributed by atoms with Crippen molar-refractivity contribution in [3.63, 3.8) is 0 Å². The van der Waals surface area contributed by atoms with E-state index in [1.165, 1.54) is 19.2 Å². The van der Waals surface area contributed by atoms with Gasteiger partial charge in [-0.3, -0.25) is 9.63 Å². The highest BCUT2D eigenvalue weighted by Gasteiger charge is 2.27. The Morgan fingerprint density at radius 3 is 2.50 bits per heavy atom. The predicted octanol–water partition coefficient (Wildman–Crippen LogP) is 1.40. The molecule has 8 nitrogen and oxygen atoms in total. The summed E-state index contributed by atoms with van der Waals surface area (Å²) in [7, 11) is -2.51. The second-order valence-electron chi connectivity index (χ2n) is 5.69. The molecule has 0 bridgehead atoms. The fraction of sp³-hybridized carbons (Fsp3) is 0.529. The molecule has 9 heteroatoms. The van der Waals surface area contributed by atoms with Gasteiger partial charge in [0, 0.05) is 6.54 Å². The van der Waals surface area contributed by atoms with Gasteiger partial charge in [0.1, 0.15) is 0 Å². The maximum absolute atomic E-state index is 12.3. The zero-order valence-corrected chi connectivity index (χ0v) is 16.1. The summed E-state index contributed by atoms with van der Waals surface area (Å²) < 4.78 is 31.6. The number of sulfonamides is 1. The minimum Gasteiger partial charge on any atom is -0.467 e. The van der Waals surface area contributed by atoms with Crippen molar-refractivity contribution >= 4 is 22.4 Å². The summed E-state index contributed by atoms with van der Waals surface area (Å²) in [5, 5.41) is 0.877. The Hall–Kier alpha value is -1.97. The summed E-state index contributed by atoms with van der Waals surface area (Å²) in [4.78, 5) is 28.6. The number of nitrogens with zero attached hydrogens (tertiary/aromatic N) is 1. The summed E-state index contributed by atoms with van der Waals surface area (Å²) in [5.41, 5.74) is 0.945. The molecule has 0 saturated heterocycles. The second-order valence-corrected chi connectivity index (χ2v) is 7.46. The lowest BCUT2D eigenvalue weighted by Gasteiger charge is -2.25. The molecule has 0 aromatic heterocycles. The molecule has 146 valence electrons. The minimum atomic E-state index is -3.71. The van der Waals surface area contributed by atoms with E-state index in [0.29, 0.717) is 6.41 Å². The molecule has 0 aliphatic rings. The van der Waals surface area contributed by atoms with E-state index in [4.69, 9.17) is 4.84 Å². The number of benzene rings is 1. The Morgan fingerprint density at radius 2 is 1.96 bits per heavy atom. The molecule has 0 aliphatic heterocycles. The smallest absolute Gasteiger partial charge is 0.331 e. The van der Waals surface area contributed by atoms with Gasteiger partial charge in [-0.1, -0.05) is 31.0 Å². The van der Waals surface area contributed by atoms with Crippen LogP contribution in [0.1, 0.15) is 31.7 Å². The highest BCUT2D eigenvalue weighted by Crippen LogP contribution is 2.11. The van der Waals surface area contributed by atoms with Crippen LogP contribution in [0.15, 0.2) is 29.2 Å². The van der Waals surface area contributed by atoms with Crippen molar-refractivity contribution in [1.29, 1.82) is 0 Å². The topological polar surface area (TPSA) is 102 Å². The number of rotatable bonds is 12. The maximum atomic E-state index is 12.3. The minimum absolute atomic E-state index is 0.0165. The number of hydroxylamine groups is 2. The molecule has 0 fully saturated rings. The molecule has 1 aromatic carbocycles. The fourth-order valence-corrected chi connectivity index (χ4v) is 3.17. The first-order valence-electron chi connectivity index (χ1n) is 8.36. The number of carbonyl (C=O) groups excluding carboxylic acids is 2. The SMILES string of the molecule is CCCCON(C=O)[C@H](CCNS(=O)(=O)c1ccc(C)cc1)C(=O)OC. The quantitative estimate of drug-likeness (QED) is 0.252. The fourth-order valence-electron chi connectivity index (χ4n) is 2.12. The number of nitrogens with one attached hydrogen (secondary N) is 1. The van der Waals surface area contributed by atoms with Gasteiger partial charge in [-0.05, 0) is 31.9 Å². The van der Waals surface area contributed by atoms with Gasteiger partial charge in [-0.15, -0.1) is 0 Å².